The highest BCUT2D eigenvalue weighted by Crippen LogP contribution is 2.41. The molecule has 3 aromatic rings. The monoisotopic (exact) mass is 593 g/mol. The number of carbonyl (C=O) groups is 2. The first kappa shape index (κ1) is 31.6. The van der Waals surface area contributed by atoms with E-state index in [1.165, 1.54) is 18.3 Å². The van der Waals surface area contributed by atoms with Gasteiger partial charge < -0.3 is 22.1 Å². The number of fused-ring (bicyclic) bond motifs is 1. The van der Waals surface area contributed by atoms with Crippen molar-refractivity contribution >= 4 is 49.7 Å². The first-order chi connectivity index (χ1) is 19.3. The summed E-state index contributed by atoms with van der Waals surface area (Å²) in [7, 11) is -3.70. The summed E-state index contributed by atoms with van der Waals surface area (Å²) in [5.41, 5.74) is 10.5. The predicted molar refractivity (Wildman–Crippen MR) is 153 cm³/mol. The summed E-state index contributed by atoms with van der Waals surface area (Å²) in [6.45, 7) is -0.239. The van der Waals surface area contributed by atoms with Gasteiger partial charge in [-0.2, -0.15) is 23.8 Å². The summed E-state index contributed by atoms with van der Waals surface area (Å²) < 4.78 is 60.0. The Morgan fingerprint density at radius 2 is 1.78 bits per heavy atom. The molecule has 0 bridgehead atoms. The van der Waals surface area contributed by atoms with Gasteiger partial charge in [0.05, 0.1) is 35.4 Å². The number of anilines is 1. The van der Waals surface area contributed by atoms with Crippen LogP contribution in [0.2, 0.25) is 0 Å². The molecule has 15 heteroatoms. The number of nitrogens with one attached hydrogen (secondary N) is 3. The minimum absolute atomic E-state index is 0.0207. The Balaban J connectivity index is 1.82. The molecule has 220 valence electrons. The van der Waals surface area contributed by atoms with Crippen LogP contribution in [-0.4, -0.2) is 61.7 Å². The Morgan fingerprint density at radius 3 is 2.41 bits per heavy atom. The number of alkyl halides is 3. The summed E-state index contributed by atoms with van der Waals surface area (Å²) >= 11 is 0. The van der Waals surface area contributed by atoms with Crippen LogP contribution in [0.4, 0.5) is 18.9 Å². The lowest BCUT2D eigenvalue weighted by Crippen LogP contribution is -2.48. The standard InChI is InChI=1S/C26H30F3N7O4S/c27-26(28,29)18-7-5-16(6-8-18)11-22(25(38)35-19-12-17-3-1-2-4-21(17)33-13-19)36-24(37)20(32)14-41(39,40)23(9-10-30)34-15-31/h1-8,12-13,22,32,39-40H,9-11,14-15,30-31H2,(H,35,38)(H,36,37)/t22-/m1/s1. The molecule has 9 N–H and O–H groups in total. The molecule has 0 saturated heterocycles. The molecule has 0 unspecified atom stereocenters. The van der Waals surface area contributed by atoms with Crippen LogP contribution in [0, 0.1) is 5.41 Å². The average molecular weight is 594 g/mol. The summed E-state index contributed by atoms with van der Waals surface area (Å²) in [4.78, 5) is 34.2. The number of aliphatic imine (C=N–C) groups is 1. The molecule has 0 saturated carbocycles. The zero-order chi connectivity index (χ0) is 30.2. The number of benzene rings is 2. The Morgan fingerprint density at radius 1 is 1.10 bits per heavy atom. The van der Waals surface area contributed by atoms with Crippen LogP contribution in [-0.2, 0) is 22.2 Å². The molecule has 2 amide bonds. The largest absolute Gasteiger partial charge is 0.416 e. The van der Waals surface area contributed by atoms with Gasteiger partial charge in [-0.25, -0.2) is 0 Å². The highest BCUT2D eigenvalue weighted by atomic mass is 32.3. The molecule has 0 aliphatic heterocycles. The van der Waals surface area contributed by atoms with Crippen molar-refractivity contribution in [2.45, 2.75) is 25.1 Å². The molecular weight excluding hydrogens is 563 g/mol. The van der Waals surface area contributed by atoms with Crippen molar-refractivity contribution in [1.82, 2.24) is 10.3 Å². The van der Waals surface area contributed by atoms with Gasteiger partial charge in [0.1, 0.15) is 16.8 Å². The summed E-state index contributed by atoms with van der Waals surface area (Å²) in [6.07, 6.45) is -3.40. The third-order valence-corrected chi connectivity index (χ3v) is 7.60. The van der Waals surface area contributed by atoms with E-state index in [-0.39, 0.29) is 31.1 Å². The lowest BCUT2D eigenvalue weighted by molar-refractivity contribution is -0.137. The predicted octanol–water partition coefficient (Wildman–Crippen LogP) is 3.35. The summed E-state index contributed by atoms with van der Waals surface area (Å²) in [6, 6.07) is 11.5. The lowest BCUT2D eigenvalue weighted by atomic mass is 10.0. The highest BCUT2D eigenvalue weighted by molar-refractivity contribution is 8.37. The summed E-state index contributed by atoms with van der Waals surface area (Å²) in [5.74, 6) is -2.63. The van der Waals surface area contributed by atoms with Crippen molar-refractivity contribution in [3.63, 3.8) is 0 Å². The number of nitrogens with zero attached hydrogens (tertiary/aromatic N) is 2. The number of halogens is 3. The molecule has 1 heterocycles. The first-order valence-electron chi connectivity index (χ1n) is 12.2. The zero-order valence-corrected chi connectivity index (χ0v) is 22.5. The van der Waals surface area contributed by atoms with Gasteiger partial charge in [-0.3, -0.25) is 34.1 Å². The zero-order valence-electron chi connectivity index (χ0n) is 21.7. The second-order valence-electron chi connectivity index (χ2n) is 8.89. The van der Waals surface area contributed by atoms with Gasteiger partial charge in [0.15, 0.2) is 0 Å². The molecule has 0 aliphatic rings. The SMILES string of the molecule is N=C(CS(O)(O)C(CCN)=NCN)C(=O)N[C@H](Cc1ccc(C(F)(F)F)cc1)C(=O)Nc1cnc2ccccc2c1. The first-order valence-corrected chi connectivity index (χ1v) is 13.9. The Labute approximate surface area is 235 Å². The van der Waals surface area contributed by atoms with E-state index in [4.69, 9.17) is 16.9 Å². The minimum atomic E-state index is -4.55. The molecule has 1 atom stereocenters. The van der Waals surface area contributed by atoms with E-state index in [9.17, 15) is 31.9 Å². The van der Waals surface area contributed by atoms with E-state index in [0.717, 1.165) is 17.5 Å². The number of rotatable bonds is 11. The van der Waals surface area contributed by atoms with Gasteiger partial charge in [0.2, 0.25) is 5.91 Å². The molecule has 0 aliphatic carbocycles. The summed E-state index contributed by atoms with van der Waals surface area (Å²) in [5, 5.41) is 13.7. The van der Waals surface area contributed by atoms with E-state index in [0.29, 0.717) is 16.8 Å². The number of amides is 2. The van der Waals surface area contributed by atoms with Crippen LogP contribution < -0.4 is 22.1 Å². The maximum atomic E-state index is 13.3. The fraction of sp³-hybridized carbons (Fsp3) is 0.269. The van der Waals surface area contributed by atoms with Gasteiger partial charge in [0.25, 0.3) is 5.91 Å². The molecule has 2 aromatic carbocycles. The van der Waals surface area contributed by atoms with Crippen molar-refractivity contribution in [2.75, 3.05) is 24.3 Å². The molecule has 41 heavy (non-hydrogen) atoms. The van der Waals surface area contributed by atoms with Gasteiger partial charge in [0, 0.05) is 18.2 Å². The lowest BCUT2D eigenvalue weighted by Gasteiger charge is -2.33. The number of aromatic nitrogens is 1. The van der Waals surface area contributed by atoms with Crippen LogP contribution in [0.15, 0.2) is 65.8 Å². The van der Waals surface area contributed by atoms with Gasteiger partial charge in [-0.1, -0.05) is 30.3 Å². The normalized spacial score (nSPS) is 13.5. The second kappa shape index (κ2) is 13.6. The Bertz CT molecular complexity index is 1430. The molecule has 1 aromatic heterocycles. The van der Waals surface area contributed by atoms with Gasteiger partial charge in [-0.05, 0) is 36.4 Å². The molecule has 0 spiro atoms. The number of para-hydroxylation sites is 1. The number of hydrogen-bond acceptors (Lipinski definition) is 9. The van der Waals surface area contributed by atoms with Crippen molar-refractivity contribution in [3.8, 4) is 0 Å². The topological polar surface area (TPSA) is 200 Å². The maximum absolute atomic E-state index is 13.3. The fourth-order valence-corrected chi connectivity index (χ4v) is 5.24. The molecule has 11 nitrogen and oxygen atoms in total. The van der Waals surface area contributed by atoms with Gasteiger partial charge in [-0.15, -0.1) is 0 Å². The third-order valence-electron chi connectivity index (χ3n) is 5.82. The van der Waals surface area contributed by atoms with E-state index in [2.05, 4.69) is 20.6 Å². The smallest absolute Gasteiger partial charge is 0.339 e. The van der Waals surface area contributed by atoms with E-state index in [1.807, 2.05) is 0 Å². The average Bonchev–Trinajstić information content (AvgIpc) is 2.92. The quantitative estimate of drug-likeness (QED) is 0.130. The van der Waals surface area contributed by atoms with Crippen LogP contribution in [0.3, 0.4) is 0 Å². The molecular formula is C26H30F3N7O4S. The number of nitrogens with two attached hydrogens (primary N) is 2. The second-order valence-corrected chi connectivity index (χ2v) is 11.0. The van der Waals surface area contributed by atoms with Crippen LogP contribution in [0.5, 0.6) is 0 Å². The van der Waals surface area contributed by atoms with Crippen molar-refractivity contribution < 1.29 is 31.9 Å². The van der Waals surface area contributed by atoms with Crippen LogP contribution in [0.1, 0.15) is 17.5 Å². The Hall–Kier alpha value is -3.89. The molecule has 3 rings (SSSR count). The van der Waals surface area contributed by atoms with Crippen molar-refractivity contribution in [2.24, 2.45) is 16.5 Å². The van der Waals surface area contributed by atoms with E-state index in [1.54, 1.807) is 30.3 Å². The third kappa shape index (κ3) is 8.80. The molecule has 0 radical (unpaired) electrons. The van der Waals surface area contributed by atoms with Crippen molar-refractivity contribution in [1.29, 1.82) is 5.41 Å². The number of pyridine rings is 1. The van der Waals surface area contributed by atoms with Gasteiger partial charge >= 0.3 is 6.18 Å². The van der Waals surface area contributed by atoms with E-state index < -0.39 is 51.7 Å². The van der Waals surface area contributed by atoms with E-state index >= 15 is 0 Å². The number of carbonyl (C=O) groups excluding carboxylic acids is 2. The Kier molecular flexibility index (Phi) is 10.5. The number of hydrogen-bond donors (Lipinski definition) is 7. The van der Waals surface area contributed by atoms with Crippen LogP contribution >= 0.6 is 10.6 Å². The highest BCUT2D eigenvalue weighted by Gasteiger charge is 2.31. The minimum Gasteiger partial charge on any atom is -0.339 e. The molecule has 0 fully saturated rings. The fourth-order valence-electron chi connectivity index (χ4n) is 3.81. The van der Waals surface area contributed by atoms with Crippen molar-refractivity contribution in [3.05, 3.63) is 71.9 Å². The van der Waals surface area contributed by atoms with Crippen LogP contribution in [0.25, 0.3) is 10.9 Å². The maximum Gasteiger partial charge on any atom is 0.416 e.